The summed E-state index contributed by atoms with van der Waals surface area (Å²) in [5.74, 6) is -7.80. The molecule has 1 saturated heterocycles. The zero-order valence-corrected chi connectivity index (χ0v) is 30.1. The van der Waals surface area contributed by atoms with Crippen LogP contribution >= 0.6 is 0 Å². The molecule has 16 nitrogen and oxygen atoms in total. The Labute approximate surface area is 292 Å². The van der Waals surface area contributed by atoms with Gasteiger partial charge in [-0.2, -0.15) is 0 Å². The molecule has 0 aliphatic carbocycles. The van der Waals surface area contributed by atoms with Crippen molar-refractivity contribution in [1.82, 2.24) is 31.1 Å². The monoisotopic (exact) mass is 704 g/mol. The summed E-state index contributed by atoms with van der Waals surface area (Å²) < 4.78 is 5.04. The molecular formula is C34H52N6O10. The number of hydrogen-bond donors (Lipinski definition) is 6. The van der Waals surface area contributed by atoms with Crippen molar-refractivity contribution < 1.29 is 48.5 Å². The molecule has 0 saturated carbocycles. The van der Waals surface area contributed by atoms with E-state index >= 15 is 0 Å². The zero-order chi connectivity index (χ0) is 38.0. The summed E-state index contributed by atoms with van der Waals surface area (Å²) in [7, 11) is 3.07. The smallest absolute Gasteiger partial charge is 0.407 e. The van der Waals surface area contributed by atoms with E-state index in [9.17, 15) is 43.8 Å². The van der Waals surface area contributed by atoms with E-state index in [1.807, 2.05) is 0 Å². The van der Waals surface area contributed by atoms with Gasteiger partial charge in [0, 0.05) is 20.6 Å². The van der Waals surface area contributed by atoms with E-state index in [2.05, 4.69) is 21.3 Å². The maximum atomic E-state index is 13.7. The second-order valence-corrected chi connectivity index (χ2v) is 14.1. The van der Waals surface area contributed by atoms with Gasteiger partial charge in [-0.05, 0) is 36.7 Å². The minimum atomic E-state index is -2.73. The standard InChI is InChI=1S/C34H52N6O10/c1-9-13-22(26(42)29(44)35-17-24(41)37-25(30(45)39(7)8)21-14-11-10-12-15-21)36-28(43)23-16-33(4,5)19-40(23)31(46)27(34(6,48)49)38-32(47)50-18-20(2)3/h10-12,14-15,20,22-23,25,27,48-49H,9,13,16-19H2,1-8H3,(H,35,44)(H,36,43)(H,37,41)(H,38,47)/t22-,23-,25?,27+/m0/s1. The van der Waals surface area contributed by atoms with E-state index in [0.29, 0.717) is 12.0 Å². The number of hydrogen-bond acceptors (Lipinski definition) is 10. The number of ether oxygens (including phenoxy) is 1. The fraction of sp³-hybridized carbons (Fsp3) is 0.618. The van der Waals surface area contributed by atoms with Crippen LogP contribution in [0, 0.1) is 11.3 Å². The SMILES string of the molecule is CCC[C@H](NC(=O)[C@@H]1CC(C)(C)CN1C(=O)[C@@H](NC(=O)OCC(C)C)C(C)(O)O)C(=O)C(=O)NCC(=O)NC(C(=O)N(C)C)c1ccccc1. The molecule has 1 aliphatic rings. The quantitative estimate of drug-likeness (QED) is 0.0997. The first-order chi connectivity index (χ1) is 23.2. The van der Waals surface area contributed by atoms with Gasteiger partial charge in [0.1, 0.15) is 12.1 Å². The first-order valence-electron chi connectivity index (χ1n) is 16.5. The third-order valence-electron chi connectivity index (χ3n) is 7.88. The number of likely N-dealkylation sites (tertiary alicyclic amines) is 1. The maximum Gasteiger partial charge on any atom is 0.407 e. The lowest BCUT2D eigenvalue weighted by Gasteiger charge is -2.33. The number of carbonyl (C=O) groups excluding carboxylic acids is 7. The molecule has 16 heteroatoms. The molecular weight excluding hydrogens is 652 g/mol. The average Bonchev–Trinajstić information content (AvgIpc) is 3.37. The Kier molecular flexibility index (Phi) is 14.9. The van der Waals surface area contributed by atoms with Gasteiger partial charge in [0.2, 0.25) is 23.5 Å². The Morgan fingerprint density at radius 1 is 1.02 bits per heavy atom. The van der Waals surface area contributed by atoms with Crippen molar-refractivity contribution in [3.05, 3.63) is 35.9 Å². The van der Waals surface area contributed by atoms with Crippen LogP contribution in [-0.2, 0) is 33.5 Å². The summed E-state index contributed by atoms with van der Waals surface area (Å²) in [6.07, 6.45) is -0.499. The number of ketones is 1. The number of benzene rings is 1. The number of carbonyl (C=O) groups is 7. The topological polar surface area (TPSA) is 224 Å². The van der Waals surface area contributed by atoms with Gasteiger partial charge in [0.15, 0.2) is 11.8 Å². The highest BCUT2D eigenvalue weighted by Gasteiger charge is 2.49. The fourth-order valence-corrected chi connectivity index (χ4v) is 5.37. The molecule has 0 bridgehead atoms. The maximum absolute atomic E-state index is 13.7. The van der Waals surface area contributed by atoms with Gasteiger partial charge in [-0.3, -0.25) is 28.8 Å². The normalized spacial score (nSPS) is 17.2. The van der Waals surface area contributed by atoms with Crippen molar-refractivity contribution in [3.63, 3.8) is 0 Å². The fourth-order valence-electron chi connectivity index (χ4n) is 5.37. The summed E-state index contributed by atoms with van der Waals surface area (Å²) >= 11 is 0. The number of likely N-dealkylation sites (N-methyl/N-ethyl adjacent to an activating group) is 1. The van der Waals surface area contributed by atoms with Crippen molar-refractivity contribution >= 4 is 41.4 Å². The lowest BCUT2D eigenvalue weighted by atomic mass is 9.90. The van der Waals surface area contributed by atoms with Crippen LogP contribution in [0.25, 0.3) is 0 Å². The highest BCUT2D eigenvalue weighted by Crippen LogP contribution is 2.35. The van der Waals surface area contributed by atoms with Crippen LogP contribution in [-0.4, -0.2) is 119 Å². The second kappa shape index (κ2) is 17.9. The number of amides is 6. The molecule has 1 unspecified atom stereocenters. The molecule has 1 fully saturated rings. The van der Waals surface area contributed by atoms with Crippen LogP contribution < -0.4 is 21.3 Å². The van der Waals surface area contributed by atoms with E-state index in [4.69, 9.17) is 4.74 Å². The number of rotatable bonds is 16. The molecule has 1 aromatic rings. The van der Waals surface area contributed by atoms with E-state index in [-0.39, 0.29) is 31.9 Å². The number of nitrogens with one attached hydrogen (secondary N) is 4. The van der Waals surface area contributed by atoms with Gasteiger partial charge in [-0.1, -0.05) is 71.4 Å². The summed E-state index contributed by atoms with van der Waals surface area (Å²) in [4.78, 5) is 93.7. The van der Waals surface area contributed by atoms with Crippen molar-refractivity contribution in [2.75, 3.05) is 33.8 Å². The Hall–Kier alpha value is -4.57. The minimum Gasteiger partial charge on any atom is -0.449 e. The Bertz CT molecular complexity index is 1390. The summed E-state index contributed by atoms with van der Waals surface area (Å²) in [5.41, 5.74) is -0.103. The molecule has 1 aromatic carbocycles. The molecule has 2 rings (SSSR count). The summed E-state index contributed by atoms with van der Waals surface area (Å²) in [6, 6.07) is 3.06. The van der Waals surface area contributed by atoms with E-state index in [1.165, 1.54) is 19.0 Å². The Morgan fingerprint density at radius 2 is 1.64 bits per heavy atom. The van der Waals surface area contributed by atoms with E-state index in [1.54, 1.807) is 65.0 Å². The minimum absolute atomic E-state index is 0.00150. The van der Waals surface area contributed by atoms with Gasteiger partial charge in [0.25, 0.3) is 11.8 Å². The Morgan fingerprint density at radius 3 is 2.18 bits per heavy atom. The second-order valence-electron chi connectivity index (χ2n) is 14.1. The predicted octanol–water partition coefficient (Wildman–Crippen LogP) is -0.0190. The third-order valence-corrected chi connectivity index (χ3v) is 7.88. The lowest BCUT2D eigenvalue weighted by molar-refractivity contribution is -0.182. The predicted molar refractivity (Wildman–Crippen MR) is 181 cm³/mol. The number of alkyl carbamates (subject to hydrolysis) is 1. The average molecular weight is 705 g/mol. The molecule has 4 atom stereocenters. The van der Waals surface area contributed by atoms with Crippen LogP contribution in [0.4, 0.5) is 4.79 Å². The zero-order valence-electron chi connectivity index (χ0n) is 30.1. The summed E-state index contributed by atoms with van der Waals surface area (Å²) in [5, 5.41) is 30.3. The largest absolute Gasteiger partial charge is 0.449 e. The lowest BCUT2D eigenvalue weighted by Crippen LogP contribution is -2.62. The van der Waals surface area contributed by atoms with Gasteiger partial charge in [-0.15, -0.1) is 0 Å². The Balaban J connectivity index is 2.16. The molecule has 1 aliphatic heterocycles. The highest BCUT2D eigenvalue weighted by molar-refractivity contribution is 6.38. The molecule has 278 valence electrons. The third kappa shape index (κ3) is 12.1. The van der Waals surface area contributed by atoms with Gasteiger partial charge in [-0.25, -0.2) is 4.79 Å². The van der Waals surface area contributed by atoms with Crippen molar-refractivity contribution in [1.29, 1.82) is 0 Å². The van der Waals surface area contributed by atoms with Crippen LogP contribution in [0.1, 0.15) is 72.4 Å². The van der Waals surface area contributed by atoms with Gasteiger partial charge < -0.3 is 46.0 Å². The molecule has 0 spiro atoms. The first kappa shape index (κ1) is 41.6. The molecule has 6 amide bonds. The molecule has 0 radical (unpaired) electrons. The first-order valence-corrected chi connectivity index (χ1v) is 16.5. The highest BCUT2D eigenvalue weighted by atomic mass is 16.6. The molecule has 6 N–H and O–H groups in total. The molecule has 50 heavy (non-hydrogen) atoms. The van der Waals surface area contributed by atoms with Crippen LogP contribution in [0.2, 0.25) is 0 Å². The summed E-state index contributed by atoms with van der Waals surface area (Å²) in [6.45, 7) is 9.19. The van der Waals surface area contributed by atoms with Crippen LogP contribution in [0.3, 0.4) is 0 Å². The number of Topliss-reactive ketones (excluding diaryl/α,β-unsaturated/α-hetero) is 1. The van der Waals surface area contributed by atoms with E-state index in [0.717, 1.165) is 11.8 Å². The van der Waals surface area contributed by atoms with E-state index < -0.39 is 83.3 Å². The van der Waals surface area contributed by atoms with Crippen molar-refractivity contribution in [2.24, 2.45) is 11.3 Å². The van der Waals surface area contributed by atoms with Crippen LogP contribution in [0.15, 0.2) is 30.3 Å². The molecule has 0 aromatic heterocycles. The number of aliphatic hydroxyl groups is 2. The molecule has 1 heterocycles. The van der Waals surface area contributed by atoms with Crippen molar-refractivity contribution in [3.8, 4) is 0 Å². The number of nitrogens with zero attached hydrogens (tertiary/aromatic N) is 2. The van der Waals surface area contributed by atoms with Crippen LogP contribution in [0.5, 0.6) is 0 Å². The van der Waals surface area contributed by atoms with Gasteiger partial charge >= 0.3 is 6.09 Å². The van der Waals surface area contributed by atoms with Gasteiger partial charge in [0.05, 0.1) is 19.2 Å². The van der Waals surface area contributed by atoms with Crippen molar-refractivity contribution in [2.45, 2.75) is 90.8 Å².